The zero-order valence-electron chi connectivity index (χ0n) is 9.18. The number of ether oxygens (including phenoxy) is 1. The summed E-state index contributed by atoms with van der Waals surface area (Å²) >= 11 is 0. The monoisotopic (exact) mass is 225 g/mol. The molecule has 1 N–H and O–H groups in total. The lowest BCUT2D eigenvalue weighted by molar-refractivity contribution is -0.137. The van der Waals surface area contributed by atoms with Crippen molar-refractivity contribution in [3.05, 3.63) is 24.0 Å². The van der Waals surface area contributed by atoms with Crippen LogP contribution in [-0.2, 0) is 16.1 Å². The molecule has 1 aromatic heterocycles. The number of esters is 1. The summed E-state index contributed by atoms with van der Waals surface area (Å²) in [5.41, 5.74) is 0.465. The first-order valence-electron chi connectivity index (χ1n) is 5.19. The number of carboxylic acid groups (broad SMARTS) is 1. The number of carbonyl (C=O) groups excluding carboxylic acids is 1. The van der Waals surface area contributed by atoms with Crippen molar-refractivity contribution in [3.63, 3.8) is 0 Å². The van der Waals surface area contributed by atoms with Crippen LogP contribution in [-0.4, -0.2) is 28.2 Å². The normalized spacial score (nSPS) is 10.1. The molecule has 88 valence electrons. The molecular formula is C11H15NO4. The van der Waals surface area contributed by atoms with Crippen LogP contribution in [0, 0.1) is 0 Å². The molecule has 5 heteroatoms. The molecular weight excluding hydrogens is 210 g/mol. The van der Waals surface area contributed by atoms with Gasteiger partial charge in [0.05, 0.1) is 6.61 Å². The summed E-state index contributed by atoms with van der Waals surface area (Å²) in [6.07, 6.45) is 2.34. The smallest absolute Gasteiger partial charge is 0.354 e. The molecule has 0 saturated carbocycles. The van der Waals surface area contributed by atoms with Gasteiger partial charge in [0.1, 0.15) is 5.69 Å². The van der Waals surface area contributed by atoms with Crippen LogP contribution in [0.25, 0.3) is 0 Å². The number of aromatic nitrogens is 1. The first kappa shape index (κ1) is 12.3. The maximum atomic E-state index is 11.5. The first-order valence-corrected chi connectivity index (χ1v) is 5.19. The van der Waals surface area contributed by atoms with E-state index in [1.807, 2.05) is 0 Å². The number of rotatable bonds is 6. The summed E-state index contributed by atoms with van der Waals surface area (Å²) in [7, 11) is 0. The Morgan fingerprint density at radius 1 is 1.50 bits per heavy atom. The Labute approximate surface area is 93.6 Å². The van der Waals surface area contributed by atoms with E-state index in [1.54, 1.807) is 29.8 Å². The number of nitrogens with zero attached hydrogens (tertiary/aromatic N) is 1. The minimum Gasteiger partial charge on any atom is -0.481 e. The standard InChI is InChI=1S/C11H15NO4/c1-2-16-11(15)9-5-3-7-12(9)8-4-6-10(13)14/h3,5,7H,2,4,6,8H2,1H3,(H,13,14). The maximum Gasteiger partial charge on any atom is 0.354 e. The van der Waals surface area contributed by atoms with Crippen molar-refractivity contribution in [1.29, 1.82) is 0 Å². The van der Waals surface area contributed by atoms with Crippen LogP contribution in [0.15, 0.2) is 18.3 Å². The summed E-state index contributed by atoms with van der Waals surface area (Å²) in [5.74, 6) is -1.20. The lowest BCUT2D eigenvalue weighted by Gasteiger charge is -2.07. The van der Waals surface area contributed by atoms with E-state index in [9.17, 15) is 9.59 Å². The van der Waals surface area contributed by atoms with E-state index < -0.39 is 5.97 Å². The van der Waals surface area contributed by atoms with Crippen molar-refractivity contribution in [1.82, 2.24) is 4.57 Å². The molecule has 0 saturated heterocycles. The molecule has 1 aromatic rings. The SMILES string of the molecule is CCOC(=O)c1cccn1CCCC(=O)O. The molecule has 0 amide bonds. The van der Waals surface area contributed by atoms with E-state index >= 15 is 0 Å². The molecule has 0 bridgehead atoms. The molecule has 0 fully saturated rings. The highest BCUT2D eigenvalue weighted by atomic mass is 16.5. The Bertz CT molecular complexity index is 370. The van der Waals surface area contributed by atoms with Crippen molar-refractivity contribution in [2.75, 3.05) is 6.61 Å². The quantitative estimate of drug-likeness (QED) is 0.745. The highest BCUT2D eigenvalue weighted by Gasteiger charge is 2.11. The van der Waals surface area contributed by atoms with Crippen molar-refractivity contribution in [3.8, 4) is 0 Å². The van der Waals surface area contributed by atoms with Crippen LogP contribution >= 0.6 is 0 Å². The topological polar surface area (TPSA) is 68.5 Å². The third-order valence-corrected chi connectivity index (χ3v) is 2.10. The molecule has 0 aliphatic heterocycles. The summed E-state index contributed by atoms with van der Waals surface area (Å²) in [6.45, 7) is 2.59. The Morgan fingerprint density at radius 3 is 2.88 bits per heavy atom. The molecule has 0 atom stereocenters. The van der Waals surface area contributed by atoms with Gasteiger partial charge < -0.3 is 14.4 Å². The van der Waals surface area contributed by atoms with Gasteiger partial charge in [0.15, 0.2) is 0 Å². The van der Waals surface area contributed by atoms with E-state index in [-0.39, 0.29) is 12.4 Å². The Hall–Kier alpha value is -1.78. The van der Waals surface area contributed by atoms with Gasteiger partial charge in [-0.25, -0.2) is 4.79 Å². The summed E-state index contributed by atoms with van der Waals surface area (Å²) in [4.78, 5) is 21.8. The van der Waals surface area contributed by atoms with Gasteiger partial charge in [0.25, 0.3) is 0 Å². The summed E-state index contributed by atoms with van der Waals surface area (Å²) in [5, 5.41) is 8.50. The van der Waals surface area contributed by atoms with Gasteiger partial charge in [0.2, 0.25) is 0 Å². The van der Waals surface area contributed by atoms with Crippen LogP contribution < -0.4 is 0 Å². The number of aliphatic carboxylic acids is 1. The van der Waals surface area contributed by atoms with Gasteiger partial charge in [-0.3, -0.25) is 4.79 Å². The molecule has 0 spiro atoms. The number of carboxylic acids is 1. The molecule has 5 nitrogen and oxygen atoms in total. The van der Waals surface area contributed by atoms with Crippen LogP contribution in [0.1, 0.15) is 30.3 Å². The maximum absolute atomic E-state index is 11.5. The van der Waals surface area contributed by atoms with E-state index in [4.69, 9.17) is 9.84 Å². The van der Waals surface area contributed by atoms with Crippen LogP contribution in [0.3, 0.4) is 0 Å². The van der Waals surface area contributed by atoms with Crippen LogP contribution in [0.2, 0.25) is 0 Å². The second-order valence-electron chi connectivity index (χ2n) is 3.30. The number of hydrogen-bond acceptors (Lipinski definition) is 3. The van der Waals surface area contributed by atoms with E-state index in [1.165, 1.54) is 0 Å². The molecule has 1 heterocycles. The fraction of sp³-hybridized carbons (Fsp3) is 0.455. The first-order chi connectivity index (χ1) is 7.65. The predicted molar refractivity (Wildman–Crippen MR) is 57.3 cm³/mol. The van der Waals surface area contributed by atoms with Gasteiger partial charge in [-0.1, -0.05) is 0 Å². The third kappa shape index (κ3) is 3.42. The predicted octanol–water partition coefficient (Wildman–Crippen LogP) is 1.53. The molecule has 0 aromatic carbocycles. The summed E-state index contributed by atoms with van der Waals surface area (Å²) < 4.78 is 6.59. The summed E-state index contributed by atoms with van der Waals surface area (Å²) in [6, 6.07) is 3.41. The lowest BCUT2D eigenvalue weighted by Crippen LogP contribution is -2.12. The second-order valence-corrected chi connectivity index (χ2v) is 3.30. The molecule has 0 unspecified atom stereocenters. The number of carbonyl (C=O) groups is 2. The minimum absolute atomic E-state index is 0.0977. The Morgan fingerprint density at radius 2 is 2.25 bits per heavy atom. The van der Waals surface area contributed by atoms with Gasteiger partial charge in [-0.15, -0.1) is 0 Å². The van der Waals surface area contributed by atoms with E-state index in [2.05, 4.69) is 0 Å². The van der Waals surface area contributed by atoms with Gasteiger partial charge >= 0.3 is 11.9 Å². The van der Waals surface area contributed by atoms with E-state index in [0.717, 1.165) is 0 Å². The third-order valence-electron chi connectivity index (χ3n) is 2.10. The average Bonchev–Trinajstić information content (AvgIpc) is 2.66. The lowest BCUT2D eigenvalue weighted by atomic mass is 10.3. The molecule has 0 aliphatic carbocycles. The fourth-order valence-electron chi connectivity index (χ4n) is 1.40. The highest BCUT2D eigenvalue weighted by Crippen LogP contribution is 2.06. The fourth-order valence-corrected chi connectivity index (χ4v) is 1.40. The molecule has 16 heavy (non-hydrogen) atoms. The second kappa shape index (κ2) is 5.95. The van der Waals surface area contributed by atoms with Crippen molar-refractivity contribution >= 4 is 11.9 Å². The molecule has 1 rings (SSSR count). The highest BCUT2D eigenvalue weighted by molar-refractivity contribution is 5.87. The van der Waals surface area contributed by atoms with Crippen molar-refractivity contribution in [2.45, 2.75) is 26.3 Å². The largest absolute Gasteiger partial charge is 0.481 e. The van der Waals surface area contributed by atoms with Gasteiger partial charge in [-0.05, 0) is 25.5 Å². The van der Waals surface area contributed by atoms with Crippen molar-refractivity contribution < 1.29 is 19.4 Å². The van der Waals surface area contributed by atoms with Crippen LogP contribution in [0.4, 0.5) is 0 Å². The minimum atomic E-state index is -0.829. The van der Waals surface area contributed by atoms with Crippen LogP contribution in [0.5, 0.6) is 0 Å². The Kier molecular flexibility index (Phi) is 4.57. The van der Waals surface area contributed by atoms with E-state index in [0.29, 0.717) is 25.3 Å². The van der Waals surface area contributed by atoms with Crippen molar-refractivity contribution in [2.24, 2.45) is 0 Å². The number of hydrogen-bond donors (Lipinski definition) is 1. The zero-order valence-corrected chi connectivity index (χ0v) is 9.18. The molecule has 0 radical (unpaired) electrons. The Balaban J connectivity index is 2.56. The average molecular weight is 225 g/mol. The number of aryl methyl sites for hydroxylation is 1. The van der Waals surface area contributed by atoms with Gasteiger partial charge in [0, 0.05) is 19.2 Å². The zero-order chi connectivity index (χ0) is 12.0. The molecule has 0 aliphatic rings. The van der Waals surface area contributed by atoms with Gasteiger partial charge in [-0.2, -0.15) is 0 Å².